The van der Waals surface area contributed by atoms with E-state index in [4.69, 9.17) is 23.2 Å². The smallest absolute Gasteiger partial charge is 0.0423 e. The van der Waals surface area contributed by atoms with Crippen LogP contribution in [-0.4, -0.2) is 0 Å². The molecule has 1 aromatic rings. The normalized spacial score (nSPS) is 9.64. The molecule has 1 rings (SSSR count). The molecule has 11 heavy (non-hydrogen) atoms. The summed E-state index contributed by atoms with van der Waals surface area (Å²) in [6.07, 6.45) is 3.54. The standard InChI is InChI=1S/C9H7Cl2/c1-2-3-7-4-8(10)6-9(11)5-7/h2-6H,1H2. The Morgan fingerprint density at radius 1 is 1.09 bits per heavy atom. The highest BCUT2D eigenvalue weighted by Gasteiger charge is 1.95. The van der Waals surface area contributed by atoms with Crippen molar-refractivity contribution >= 4 is 23.2 Å². The zero-order chi connectivity index (χ0) is 8.27. The van der Waals surface area contributed by atoms with Crippen molar-refractivity contribution in [3.8, 4) is 0 Å². The summed E-state index contributed by atoms with van der Waals surface area (Å²) in [5.41, 5.74) is 0.970. The summed E-state index contributed by atoms with van der Waals surface area (Å²) in [6.45, 7) is 3.57. The van der Waals surface area contributed by atoms with E-state index in [1.807, 2.05) is 18.6 Å². The molecule has 0 atom stereocenters. The van der Waals surface area contributed by atoms with E-state index in [1.54, 1.807) is 12.1 Å². The number of hydrogen-bond acceptors (Lipinski definition) is 0. The first-order valence-corrected chi connectivity index (χ1v) is 3.90. The lowest BCUT2D eigenvalue weighted by Gasteiger charge is -1.97. The van der Waals surface area contributed by atoms with Crippen LogP contribution in [0.15, 0.2) is 30.9 Å². The van der Waals surface area contributed by atoms with Gasteiger partial charge >= 0.3 is 0 Å². The third kappa shape index (κ3) is 2.57. The topological polar surface area (TPSA) is 0 Å². The SMILES string of the molecule is C=C[CH]c1cc(Cl)cc(Cl)c1. The predicted molar refractivity (Wildman–Crippen MR) is 50.1 cm³/mol. The number of allylic oxidation sites excluding steroid dienone is 1. The van der Waals surface area contributed by atoms with Crippen molar-refractivity contribution in [3.05, 3.63) is 52.9 Å². The fourth-order valence-corrected chi connectivity index (χ4v) is 1.35. The molecule has 0 aliphatic heterocycles. The minimum absolute atomic E-state index is 0.644. The average Bonchev–Trinajstić information content (AvgIpc) is 1.85. The summed E-state index contributed by atoms with van der Waals surface area (Å²) in [5.74, 6) is 0. The highest BCUT2D eigenvalue weighted by atomic mass is 35.5. The summed E-state index contributed by atoms with van der Waals surface area (Å²) in [7, 11) is 0. The fraction of sp³-hybridized carbons (Fsp3) is 0. The van der Waals surface area contributed by atoms with E-state index in [-0.39, 0.29) is 0 Å². The van der Waals surface area contributed by atoms with Gasteiger partial charge in [0.05, 0.1) is 0 Å². The van der Waals surface area contributed by atoms with Crippen LogP contribution >= 0.6 is 23.2 Å². The lowest BCUT2D eigenvalue weighted by Crippen LogP contribution is -1.77. The van der Waals surface area contributed by atoms with Crippen LogP contribution in [0.3, 0.4) is 0 Å². The Morgan fingerprint density at radius 3 is 2.09 bits per heavy atom. The van der Waals surface area contributed by atoms with E-state index in [0.717, 1.165) is 5.56 Å². The largest absolute Gasteiger partial charge is 0.102 e. The second kappa shape index (κ2) is 3.80. The molecule has 0 fully saturated rings. The number of benzene rings is 1. The van der Waals surface area contributed by atoms with Gasteiger partial charge in [-0.05, 0) is 23.8 Å². The molecule has 0 aliphatic rings. The maximum atomic E-state index is 5.75. The van der Waals surface area contributed by atoms with Gasteiger partial charge in [0.15, 0.2) is 0 Å². The van der Waals surface area contributed by atoms with Crippen molar-refractivity contribution in [1.82, 2.24) is 0 Å². The maximum Gasteiger partial charge on any atom is 0.0423 e. The van der Waals surface area contributed by atoms with E-state index < -0.39 is 0 Å². The van der Waals surface area contributed by atoms with Gasteiger partial charge in [-0.15, -0.1) is 6.58 Å². The molecule has 0 amide bonds. The van der Waals surface area contributed by atoms with Gasteiger partial charge in [0.2, 0.25) is 0 Å². The molecule has 0 nitrogen and oxygen atoms in total. The summed E-state index contributed by atoms with van der Waals surface area (Å²) < 4.78 is 0. The first-order valence-electron chi connectivity index (χ1n) is 3.14. The molecule has 0 aromatic heterocycles. The molecule has 0 bridgehead atoms. The van der Waals surface area contributed by atoms with Gasteiger partial charge in [0.25, 0.3) is 0 Å². The Labute approximate surface area is 76.4 Å². The molecule has 0 unspecified atom stereocenters. The van der Waals surface area contributed by atoms with E-state index in [1.165, 1.54) is 0 Å². The molecule has 0 spiro atoms. The first-order chi connectivity index (χ1) is 5.22. The van der Waals surface area contributed by atoms with Crippen molar-refractivity contribution in [3.63, 3.8) is 0 Å². The molecule has 0 N–H and O–H groups in total. The lowest BCUT2D eigenvalue weighted by atomic mass is 10.1. The maximum absolute atomic E-state index is 5.75. The third-order valence-corrected chi connectivity index (χ3v) is 1.63. The molecule has 1 radical (unpaired) electrons. The molecular formula is C9H7Cl2. The van der Waals surface area contributed by atoms with Crippen molar-refractivity contribution < 1.29 is 0 Å². The molecule has 0 saturated carbocycles. The predicted octanol–water partition coefficient (Wildman–Crippen LogP) is 3.73. The summed E-state index contributed by atoms with van der Waals surface area (Å²) in [4.78, 5) is 0. The van der Waals surface area contributed by atoms with E-state index in [2.05, 4.69) is 6.58 Å². The van der Waals surface area contributed by atoms with E-state index >= 15 is 0 Å². The van der Waals surface area contributed by atoms with Crippen molar-refractivity contribution in [2.24, 2.45) is 0 Å². The molecule has 0 saturated heterocycles. The van der Waals surface area contributed by atoms with Crippen molar-refractivity contribution in [2.75, 3.05) is 0 Å². The van der Waals surface area contributed by atoms with Crippen molar-refractivity contribution in [1.29, 1.82) is 0 Å². The van der Waals surface area contributed by atoms with E-state index in [0.29, 0.717) is 10.0 Å². The minimum Gasteiger partial charge on any atom is -0.102 e. The Bertz CT molecular complexity index is 246. The molecule has 0 heterocycles. The van der Waals surface area contributed by atoms with Gasteiger partial charge in [0.1, 0.15) is 0 Å². The van der Waals surface area contributed by atoms with Crippen LogP contribution in [0.25, 0.3) is 0 Å². The molecule has 57 valence electrons. The van der Waals surface area contributed by atoms with Crippen molar-refractivity contribution in [2.45, 2.75) is 0 Å². The number of hydrogen-bond donors (Lipinski definition) is 0. The van der Waals surface area contributed by atoms with Gasteiger partial charge in [-0.3, -0.25) is 0 Å². The second-order valence-corrected chi connectivity index (χ2v) is 2.98. The highest BCUT2D eigenvalue weighted by Crippen LogP contribution is 2.19. The Kier molecular flexibility index (Phi) is 2.98. The number of rotatable bonds is 2. The fourth-order valence-electron chi connectivity index (χ4n) is 0.807. The summed E-state index contributed by atoms with van der Waals surface area (Å²) in [6, 6.07) is 5.35. The monoisotopic (exact) mass is 185 g/mol. The lowest BCUT2D eigenvalue weighted by molar-refractivity contribution is 1.53. The molecular weight excluding hydrogens is 179 g/mol. The highest BCUT2D eigenvalue weighted by molar-refractivity contribution is 6.34. The zero-order valence-corrected chi connectivity index (χ0v) is 7.36. The van der Waals surface area contributed by atoms with Gasteiger partial charge in [-0.2, -0.15) is 0 Å². The molecule has 2 heteroatoms. The summed E-state index contributed by atoms with van der Waals surface area (Å²) >= 11 is 11.5. The van der Waals surface area contributed by atoms with E-state index in [9.17, 15) is 0 Å². The van der Waals surface area contributed by atoms with Crippen LogP contribution in [-0.2, 0) is 0 Å². The summed E-state index contributed by atoms with van der Waals surface area (Å²) in [5, 5.41) is 1.29. The Hall–Kier alpha value is -0.460. The van der Waals surface area contributed by atoms with Crippen LogP contribution in [0, 0.1) is 6.42 Å². The third-order valence-electron chi connectivity index (χ3n) is 1.20. The molecule has 1 aromatic carbocycles. The second-order valence-electron chi connectivity index (χ2n) is 2.11. The van der Waals surface area contributed by atoms with Gasteiger partial charge < -0.3 is 0 Å². The average molecular weight is 186 g/mol. The van der Waals surface area contributed by atoms with Gasteiger partial charge in [-0.25, -0.2) is 0 Å². The first kappa shape index (κ1) is 8.63. The Morgan fingerprint density at radius 2 is 1.64 bits per heavy atom. The Balaban J connectivity index is 2.98. The van der Waals surface area contributed by atoms with Crippen LogP contribution in [0.1, 0.15) is 5.56 Å². The minimum atomic E-state index is 0.644. The van der Waals surface area contributed by atoms with Gasteiger partial charge in [-0.1, -0.05) is 29.3 Å². The zero-order valence-electron chi connectivity index (χ0n) is 5.85. The quantitative estimate of drug-likeness (QED) is 0.659. The van der Waals surface area contributed by atoms with Crippen LogP contribution < -0.4 is 0 Å². The van der Waals surface area contributed by atoms with Crippen LogP contribution in [0.5, 0.6) is 0 Å². The number of halogens is 2. The van der Waals surface area contributed by atoms with Crippen LogP contribution in [0.2, 0.25) is 10.0 Å². The van der Waals surface area contributed by atoms with Gasteiger partial charge in [0, 0.05) is 16.5 Å². The molecule has 0 aliphatic carbocycles. The van der Waals surface area contributed by atoms with Crippen LogP contribution in [0.4, 0.5) is 0 Å².